The molecule has 0 unspecified atom stereocenters. The van der Waals surface area contributed by atoms with Crippen molar-refractivity contribution in [2.75, 3.05) is 13.2 Å². The number of carbonyl (C=O) groups excluding carboxylic acids is 1. The number of amides is 1. The topological polar surface area (TPSA) is 108 Å². The van der Waals surface area contributed by atoms with E-state index >= 15 is 0 Å². The second-order valence-electron chi connectivity index (χ2n) is 11.1. The number of nitrogens with one attached hydrogen (secondary N) is 2. The summed E-state index contributed by atoms with van der Waals surface area (Å²) in [5.41, 5.74) is 7.97. The van der Waals surface area contributed by atoms with Crippen LogP contribution in [0.15, 0.2) is 36.4 Å². The smallest absolute Gasteiger partial charge is 0.237 e. The van der Waals surface area contributed by atoms with Gasteiger partial charge >= 0.3 is 0 Å². The third-order valence-electron chi connectivity index (χ3n) is 6.48. The lowest BCUT2D eigenvalue weighted by molar-refractivity contribution is -0.123. The van der Waals surface area contributed by atoms with Crippen LogP contribution in [-0.2, 0) is 16.8 Å². The van der Waals surface area contributed by atoms with Crippen LogP contribution in [0.25, 0.3) is 0 Å². The first-order valence-corrected chi connectivity index (χ1v) is 13.2. The van der Waals surface area contributed by atoms with Gasteiger partial charge in [0.15, 0.2) is 0 Å². The van der Waals surface area contributed by atoms with Gasteiger partial charge in [-0.25, -0.2) is 4.39 Å². The Labute approximate surface area is 229 Å². The van der Waals surface area contributed by atoms with Crippen molar-refractivity contribution in [1.82, 2.24) is 10.6 Å². The fraction of sp³-hybridized carbons (Fsp3) is 0.536. The quantitative estimate of drug-likeness (QED) is 0.265. The van der Waals surface area contributed by atoms with Gasteiger partial charge in [0, 0.05) is 17.6 Å². The van der Waals surface area contributed by atoms with Gasteiger partial charge in [-0.3, -0.25) is 4.79 Å². The molecule has 2 rings (SSSR count). The summed E-state index contributed by atoms with van der Waals surface area (Å²) in [6, 6.07) is 9.11. The van der Waals surface area contributed by atoms with Gasteiger partial charge in [0.05, 0.1) is 29.3 Å². The van der Waals surface area contributed by atoms with E-state index < -0.39 is 30.1 Å². The van der Waals surface area contributed by atoms with Gasteiger partial charge in [-0.05, 0) is 67.3 Å². The number of carbonyl (C=O) groups is 1. The van der Waals surface area contributed by atoms with Crippen molar-refractivity contribution in [3.8, 4) is 0 Å². The molecule has 0 saturated carbocycles. The summed E-state index contributed by atoms with van der Waals surface area (Å²) in [7, 11) is 0. The van der Waals surface area contributed by atoms with E-state index in [0.717, 1.165) is 11.1 Å². The maximum absolute atomic E-state index is 14.8. The standard InChI is InChI=1S/C28H40Cl2FN3O3/c1-17-13-19(9-10-21(17)29)28(5,32)24(15-27(2,3)4)34-23(26(37)33-12-11-20(36)16-35)14-18-7-6-8-22(30)25(18)31/h6-10,13,20,23-24,34-36H,11-12,14-16,32H2,1-5H3,(H,33,37)/t20-,23+,24-,28+/m0/s1. The van der Waals surface area contributed by atoms with E-state index in [1.807, 2.05) is 32.0 Å². The summed E-state index contributed by atoms with van der Waals surface area (Å²) in [5.74, 6) is -0.942. The lowest BCUT2D eigenvalue weighted by Gasteiger charge is -2.41. The number of aliphatic hydroxyl groups is 2. The van der Waals surface area contributed by atoms with Crippen molar-refractivity contribution >= 4 is 29.1 Å². The predicted molar refractivity (Wildman–Crippen MR) is 148 cm³/mol. The molecule has 9 heteroatoms. The second kappa shape index (κ2) is 13.4. The fourth-order valence-electron chi connectivity index (χ4n) is 4.21. The maximum atomic E-state index is 14.8. The average molecular weight is 557 g/mol. The lowest BCUT2D eigenvalue weighted by atomic mass is 9.76. The van der Waals surface area contributed by atoms with E-state index in [-0.39, 0.29) is 41.8 Å². The molecule has 0 spiro atoms. The number of aryl methyl sites for hydroxylation is 1. The molecule has 6 N–H and O–H groups in total. The number of halogens is 3. The largest absolute Gasteiger partial charge is 0.394 e. The first kappa shape index (κ1) is 31.5. The lowest BCUT2D eigenvalue weighted by Crippen LogP contribution is -2.60. The van der Waals surface area contributed by atoms with Crippen molar-refractivity contribution in [3.05, 3.63) is 69.0 Å². The highest BCUT2D eigenvalue weighted by Gasteiger charge is 2.38. The Hall–Kier alpha value is -1.74. The van der Waals surface area contributed by atoms with E-state index in [0.29, 0.717) is 17.0 Å². The Kier molecular flexibility index (Phi) is 11.4. The summed E-state index contributed by atoms with van der Waals surface area (Å²) in [6.07, 6.45) is -0.0970. The van der Waals surface area contributed by atoms with E-state index in [9.17, 15) is 14.3 Å². The average Bonchev–Trinajstić information content (AvgIpc) is 2.81. The number of hydrogen-bond donors (Lipinski definition) is 5. The Bertz CT molecular complexity index is 1060. The van der Waals surface area contributed by atoms with Crippen LogP contribution in [0.3, 0.4) is 0 Å². The molecular weight excluding hydrogens is 516 g/mol. The molecule has 0 aliphatic rings. The zero-order valence-electron chi connectivity index (χ0n) is 22.2. The van der Waals surface area contributed by atoms with Crippen molar-refractivity contribution in [1.29, 1.82) is 0 Å². The van der Waals surface area contributed by atoms with E-state index in [2.05, 4.69) is 31.4 Å². The van der Waals surface area contributed by atoms with E-state index in [1.165, 1.54) is 6.07 Å². The van der Waals surface area contributed by atoms with Crippen molar-refractivity contribution in [3.63, 3.8) is 0 Å². The van der Waals surface area contributed by atoms with Gasteiger partial charge in [-0.2, -0.15) is 0 Å². The minimum absolute atomic E-state index is 0.0192. The van der Waals surface area contributed by atoms with Crippen LogP contribution < -0.4 is 16.4 Å². The molecule has 0 saturated heterocycles. The predicted octanol–water partition coefficient (Wildman–Crippen LogP) is 4.48. The summed E-state index contributed by atoms with van der Waals surface area (Å²) in [5, 5.41) is 25.6. The Morgan fingerprint density at radius 1 is 1.14 bits per heavy atom. The summed E-state index contributed by atoms with van der Waals surface area (Å²) < 4.78 is 14.8. The molecular formula is C28H40Cl2FN3O3. The number of aliphatic hydroxyl groups excluding tert-OH is 2. The summed E-state index contributed by atoms with van der Waals surface area (Å²) >= 11 is 12.3. The molecule has 4 atom stereocenters. The van der Waals surface area contributed by atoms with Gasteiger partial charge in [-0.1, -0.05) is 68.2 Å². The normalized spacial score (nSPS) is 16.1. The Balaban J connectivity index is 2.43. The fourth-order valence-corrected chi connectivity index (χ4v) is 4.52. The van der Waals surface area contributed by atoms with Crippen LogP contribution in [-0.4, -0.2) is 47.5 Å². The van der Waals surface area contributed by atoms with Crippen molar-refractivity contribution in [2.24, 2.45) is 11.1 Å². The highest BCUT2D eigenvalue weighted by Crippen LogP contribution is 2.33. The molecule has 0 radical (unpaired) electrons. The van der Waals surface area contributed by atoms with Crippen LogP contribution in [0, 0.1) is 18.2 Å². The van der Waals surface area contributed by atoms with Crippen LogP contribution in [0.5, 0.6) is 0 Å². The van der Waals surface area contributed by atoms with Gasteiger partial charge in [-0.15, -0.1) is 0 Å². The molecule has 0 bridgehead atoms. The number of rotatable bonds is 12. The third-order valence-corrected chi connectivity index (χ3v) is 7.20. The number of benzene rings is 2. The maximum Gasteiger partial charge on any atom is 0.237 e. The van der Waals surface area contributed by atoms with Crippen molar-refractivity contribution < 1.29 is 19.4 Å². The first-order chi connectivity index (χ1) is 17.2. The SMILES string of the molecule is Cc1cc([C@@](C)(N)[C@H](CC(C)(C)C)N[C@H](Cc2cccc(Cl)c2F)C(=O)NCC[C@H](O)CO)ccc1Cl. The van der Waals surface area contributed by atoms with Gasteiger partial charge in [0.1, 0.15) is 5.82 Å². The zero-order chi connectivity index (χ0) is 28.0. The molecule has 0 aliphatic heterocycles. The minimum atomic E-state index is -0.939. The van der Waals surface area contributed by atoms with Crippen LogP contribution in [0.2, 0.25) is 10.0 Å². The number of nitrogens with two attached hydrogens (primary N) is 1. The van der Waals surface area contributed by atoms with Crippen LogP contribution in [0.4, 0.5) is 4.39 Å². The zero-order valence-corrected chi connectivity index (χ0v) is 23.8. The molecule has 6 nitrogen and oxygen atoms in total. The van der Waals surface area contributed by atoms with Gasteiger partial charge in [0.2, 0.25) is 5.91 Å². The van der Waals surface area contributed by atoms with E-state index in [1.54, 1.807) is 12.1 Å². The molecule has 0 fully saturated rings. The van der Waals surface area contributed by atoms with Crippen molar-refractivity contribution in [2.45, 2.75) is 77.6 Å². The molecule has 206 valence electrons. The van der Waals surface area contributed by atoms with Crippen LogP contribution >= 0.6 is 23.2 Å². The molecule has 37 heavy (non-hydrogen) atoms. The monoisotopic (exact) mass is 555 g/mol. The molecule has 0 heterocycles. The molecule has 0 aliphatic carbocycles. The summed E-state index contributed by atoms with van der Waals surface area (Å²) in [4.78, 5) is 13.3. The van der Waals surface area contributed by atoms with Gasteiger partial charge in [0.25, 0.3) is 0 Å². The first-order valence-electron chi connectivity index (χ1n) is 12.5. The van der Waals surface area contributed by atoms with Gasteiger partial charge < -0.3 is 26.6 Å². The number of hydrogen-bond acceptors (Lipinski definition) is 5. The minimum Gasteiger partial charge on any atom is -0.394 e. The summed E-state index contributed by atoms with van der Waals surface area (Å²) in [6.45, 7) is 9.84. The van der Waals surface area contributed by atoms with Crippen LogP contribution in [0.1, 0.15) is 57.2 Å². The Morgan fingerprint density at radius 3 is 2.41 bits per heavy atom. The second-order valence-corrected chi connectivity index (χ2v) is 11.9. The highest BCUT2D eigenvalue weighted by molar-refractivity contribution is 6.31. The molecule has 2 aromatic rings. The molecule has 2 aromatic carbocycles. The highest BCUT2D eigenvalue weighted by atomic mass is 35.5. The Morgan fingerprint density at radius 2 is 1.81 bits per heavy atom. The third kappa shape index (κ3) is 9.20. The van der Waals surface area contributed by atoms with E-state index in [4.69, 9.17) is 34.0 Å². The molecule has 1 amide bonds. The molecule has 0 aromatic heterocycles.